The van der Waals surface area contributed by atoms with Crippen molar-refractivity contribution < 1.29 is 4.74 Å². The minimum Gasteiger partial charge on any atom is -0.376 e. The number of hydrogen-bond donors (Lipinski definition) is 1. The number of nitrogens with one attached hydrogen (secondary N) is 1. The van der Waals surface area contributed by atoms with Crippen LogP contribution in [0.3, 0.4) is 0 Å². The summed E-state index contributed by atoms with van der Waals surface area (Å²) in [6.45, 7) is 1.69. The molecule has 0 unspecified atom stereocenters. The van der Waals surface area contributed by atoms with Gasteiger partial charge in [-0.15, -0.1) is 10.2 Å². The minimum atomic E-state index is 0.320. The van der Waals surface area contributed by atoms with Crippen LogP contribution in [0.25, 0.3) is 0 Å². The Bertz CT molecular complexity index is 398. The van der Waals surface area contributed by atoms with E-state index in [9.17, 15) is 0 Å². The van der Waals surface area contributed by atoms with Gasteiger partial charge in [-0.2, -0.15) is 5.26 Å². The molecule has 1 aromatic rings. The van der Waals surface area contributed by atoms with E-state index in [4.69, 9.17) is 10.00 Å². The molecular weight excluding hydrogens is 268 g/mol. The fourth-order valence-corrected chi connectivity index (χ4v) is 3.43. The summed E-state index contributed by atoms with van der Waals surface area (Å²) in [6.07, 6.45) is 4.11. The van der Waals surface area contributed by atoms with Gasteiger partial charge in [0, 0.05) is 25.3 Å². The quantitative estimate of drug-likeness (QED) is 0.613. The predicted molar refractivity (Wildman–Crippen MR) is 72.9 cm³/mol. The van der Waals surface area contributed by atoms with Crippen molar-refractivity contribution in [2.45, 2.75) is 36.1 Å². The zero-order valence-corrected chi connectivity index (χ0v) is 11.7. The first kappa shape index (κ1) is 13.6. The van der Waals surface area contributed by atoms with Crippen molar-refractivity contribution in [3.63, 3.8) is 0 Å². The molecule has 2 heterocycles. The van der Waals surface area contributed by atoms with Gasteiger partial charge in [-0.25, -0.2) is 0 Å². The van der Waals surface area contributed by atoms with Crippen LogP contribution in [-0.2, 0) is 4.74 Å². The highest BCUT2D eigenvalue weighted by Gasteiger charge is 2.15. The maximum absolute atomic E-state index is 8.43. The molecule has 7 heteroatoms. The molecule has 98 valence electrons. The molecule has 1 aliphatic heterocycles. The van der Waals surface area contributed by atoms with E-state index in [0.29, 0.717) is 12.5 Å². The van der Waals surface area contributed by atoms with Gasteiger partial charge in [-0.3, -0.25) is 0 Å². The van der Waals surface area contributed by atoms with E-state index >= 15 is 0 Å². The number of anilines is 1. The lowest BCUT2D eigenvalue weighted by Gasteiger charge is -2.08. The number of hydrogen-bond acceptors (Lipinski definition) is 7. The van der Waals surface area contributed by atoms with Gasteiger partial charge in [0.2, 0.25) is 5.13 Å². The molecular formula is C11H16N4OS2. The van der Waals surface area contributed by atoms with Crippen molar-refractivity contribution >= 4 is 28.2 Å². The number of nitrogens with zero attached hydrogens (tertiary/aromatic N) is 3. The van der Waals surface area contributed by atoms with E-state index in [2.05, 4.69) is 21.6 Å². The first-order valence-electron chi connectivity index (χ1n) is 6.07. The van der Waals surface area contributed by atoms with Crippen molar-refractivity contribution in [3.05, 3.63) is 0 Å². The molecule has 1 atom stereocenters. The van der Waals surface area contributed by atoms with E-state index in [1.807, 2.05) is 0 Å². The highest BCUT2D eigenvalue weighted by Crippen LogP contribution is 2.26. The fourth-order valence-electron chi connectivity index (χ4n) is 1.66. The van der Waals surface area contributed by atoms with Crippen molar-refractivity contribution in [2.24, 2.45) is 0 Å². The standard InChI is InChI=1S/C11H16N4OS2/c12-5-1-2-7-17-11-15-14-10(18-11)13-8-9-4-3-6-16-9/h9H,1-4,6-8H2,(H,13,14)/t9-/m0/s1. The number of aromatic nitrogens is 2. The van der Waals surface area contributed by atoms with Crippen LogP contribution < -0.4 is 5.32 Å². The summed E-state index contributed by atoms with van der Waals surface area (Å²) in [7, 11) is 0. The lowest BCUT2D eigenvalue weighted by atomic mass is 10.2. The van der Waals surface area contributed by atoms with E-state index in [1.165, 1.54) is 0 Å². The first-order valence-corrected chi connectivity index (χ1v) is 7.87. The second kappa shape index (κ2) is 7.56. The fraction of sp³-hybridized carbons (Fsp3) is 0.727. The summed E-state index contributed by atoms with van der Waals surface area (Å²) in [5.41, 5.74) is 0. The summed E-state index contributed by atoms with van der Waals surface area (Å²) in [4.78, 5) is 0. The highest BCUT2D eigenvalue weighted by atomic mass is 32.2. The zero-order valence-electron chi connectivity index (χ0n) is 10.1. The average Bonchev–Trinajstić information content (AvgIpc) is 3.03. The molecule has 1 N–H and O–H groups in total. The Morgan fingerprint density at radius 2 is 2.50 bits per heavy atom. The summed E-state index contributed by atoms with van der Waals surface area (Å²) in [5.74, 6) is 0.925. The van der Waals surface area contributed by atoms with Gasteiger partial charge in [0.15, 0.2) is 4.34 Å². The van der Waals surface area contributed by atoms with Crippen LogP contribution >= 0.6 is 23.1 Å². The molecule has 1 aromatic heterocycles. The molecule has 1 aliphatic rings. The van der Waals surface area contributed by atoms with E-state index in [1.54, 1.807) is 23.1 Å². The molecule has 0 spiro atoms. The Kier molecular flexibility index (Phi) is 5.71. The Morgan fingerprint density at radius 3 is 3.28 bits per heavy atom. The van der Waals surface area contributed by atoms with Crippen LogP contribution in [0, 0.1) is 11.3 Å². The van der Waals surface area contributed by atoms with Gasteiger partial charge in [0.05, 0.1) is 12.2 Å². The molecule has 0 saturated carbocycles. The van der Waals surface area contributed by atoms with Crippen molar-refractivity contribution in [1.29, 1.82) is 5.26 Å². The van der Waals surface area contributed by atoms with Gasteiger partial charge in [0.1, 0.15) is 0 Å². The Hall–Kier alpha value is -0.840. The van der Waals surface area contributed by atoms with Gasteiger partial charge in [-0.05, 0) is 19.3 Å². The minimum absolute atomic E-state index is 0.320. The molecule has 0 aromatic carbocycles. The molecule has 5 nitrogen and oxygen atoms in total. The molecule has 0 aliphatic carbocycles. The molecule has 1 saturated heterocycles. The number of ether oxygens (including phenoxy) is 1. The third-order valence-corrected chi connectivity index (χ3v) is 4.67. The average molecular weight is 284 g/mol. The van der Waals surface area contributed by atoms with Crippen LogP contribution in [0.2, 0.25) is 0 Å². The maximum atomic E-state index is 8.43. The topological polar surface area (TPSA) is 70.8 Å². The van der Waals surface area contributed by atoms with Gasteiger partial charge >= 0.3 is 0 Å². The maximum Gasteiger partial charge on any atom is 0.206 e. The second-order valence-electron chi connectivity index (χ2n) is 4.00. The normalized spacial score (nSPS) is 18.7. The van der Waals surface area contributed by atoms with Gasteiger partial charge in [0.25, 0.3) is 0 Å². The van der Waals surface area contributed by atoms with Gasteiger partial charge in [-0.1, -0.05) is 23.1 Å². The lowest BCUT2D eigenvalue weighted by molar-refractivity contribution is 0.120. The Balaban J connectivity index is 1.67. The van der Waals surface area contributed by atoms with E-state index < -0.39 is 0 Å². The molecule has 0 amide bonds. The number of rotatable bonds is 7. The third-order valence-electron chi connectivity index (χ3n) is 2.57. The summed E-state index contributed by atoms with van der Waals surface area (Å²) in [5, 5.41) is 20.7. The summed E-state index contributed by atoms with van der Waals surface area (Å²) >= 11 is 3.23. The monoisotopic (exact) mass is 284 g/mol. The molecule has 0 radical (unpaired) electrons. The second-order valence-corrected chi connectivity index (χ2v) is 6.32. The molecule has 0 bridgehead atoms. The predicted octanol–water partition coefficient (Wildman–Crippen LogP) is 2.52. The van der Waals surface area contributed by atoms with Crippen LogP contribution in [-0.4, -0.2) is 35.2 Å². The first-order chi connectivity index (χ1) is 8.88. The SMILES string of the molecule is N#CCCCSc1nnc(NC[C@@H]2CCCO2)s1. The van der Waals surface area contributed by atoms with Crippen molar-refractivity contribution in [3.8, 4) is 6.07 Å². The van der Waals surface area contributed by atoms with Crippen LogP contribution in [0.5, 0.6) is 0 Å². The van der Waals surface area contributed by atoms with Crippen LogP contribution in [0.4, 0.5) is 5.13 Å². The molecule has 18 heavy (non-hydrogen) atoms. The third kappa shape index (κ3) is 4.44. The summed E-state index contributed by atoms with van der Waals surface area (Å²) < 4.78 is 6.49. The Morgan fingerprint density at radius 1 is 1.56 bits per heavy atom. The largest absolute Gasteiger partial charge is 0.376 e. The number of unbranched alkanes of at least 4 members (excludes halogenated alkanes) is 1. The number of thioether (sulfide) groups is 1. The highest BCUT2D eigenvalue weighted by molar-refractivity contribution is 8.01. The summed E-state index contributed by atoms with van der Waals surface area (Å²) in [6, 6.07) is 2.14. The zero-order chi connectivity index (χ0) is 12.6. The molecule has 1 fully saturated rings. The van der Waals surface area contributed by atoms with Gasteiger partial charge < -0.3 is 10.1 Å². The van der Waals surface area contributed by atoms with Crippen molar-refractivity contribution in [2.75, 3.05) is 24.2 Å². The van der Waals surface area contributed by atoms with E-state index in [-0.39, 0.29) is 0 Å². The Labute approximate surface area is 115 Å². The van der Waals surface area contributed by atoms with E-state index in [0.717, 1.165) is 47.6 Å². The smallest absolute Gasteiger partial charge is 0.206 e. The molecule has 2 rings (SSSR count). The van der Waals surface area contributed by atoms with Crippen LogP contribution in [0.1, 0.15) is 25.7 Å². The van der Waals surface area contributed by atoms with Crippen LogP contribution in [0.15, 0.2) is 4.34 Å². The lowest BCUT2D eigenvalue weighted by Crippen LogP contribution is -2.18. The van der Waals surface area contributed by atoms with Crippen molar-refractivity contribution in [1.82, 2.24) is 10.2 Å². The number of nitriles is 1.